The Labute approximate surface area is 119 Å². The van der Waals surface area contributed by atoms with E-state index in [4.69, 9.17) is 18.0 Å². The molecular formula is C14H20N2S2. The summed E-state index contributed by atoms with van der Waals surface area (Å²) in [6.07, 6.45) is 3.79. The van der Waals surface area contributed by atoms with E-state index in [-0.39, 0.29) is 0 Å². The molecule has 1 aromatic rings. The van der Waals surface area contributed by atoms with Crippen LogP contribution >= 0.6 is 24.0 Å². The lowest BCUT2D eigenvalue weighted by Gasteiger charge is -2.17. The smallest absolute Gasteiger partial charge is 0.106 e. The fourth-order valence-corrected chi connectivity index (χ4v) is 3.82. The lowest BCUT2D eigenvalue weighted by atomic mass is 10.1. The molecule has 2 atom stereocenters. The van der Waals surface area contributed by atoms with Crippen LogP contribution in [-0.2, 0) is 0 Å². The molecule has 0 heterocycles. The molecule has 18 heavy (non-hydrogen) atoms. The van der Waals surface area contributed by atoms with E-state index in [1.807, 2.05) is 18.2 Å². The van der Waals surface area contributed by atoms with Gasteiger partial charge in [-0.25, -0.2) is 0 Å². The molecule has 4 heteroatoms. The molecule has 1 saturated carbocycles. The number of anilines is 1. The molecule has 0 aliphatic heterocycles. The van der Waals surface area contributed by atoms with Crippen LogP contribution in [0.25, 0.3) is 0 Å². The molecule has 3 N–H and O–H groups in total. The first kappa shape index (κ1) is 13.7. The number of hydrogen-bond acceptors (Lipinski definition) is 3. The third kappa shape index (κ3) is 3.39. The topological polar surface area (TPSA) is 38.0 Å². The maximum absolute atomic E-state index is 5.75. The number of nitrogens with two attached hydrogens (primary N) is 1. The molecule has 1 aliphatic rings. The Morgan fingerprint density at radius 2 is 2.22 bits per heavy atom. The second kappa shape index (κ2) is 6.43. The van der Waals surface area contributed by atoms with Gasteiger partial charge in [-0.3, -0.25) is 0 Å². The van der Waals surface area contributed by atoms with Crippen LogP contribution in [0.2, 0.25) is 0 Å². The minimum absolute atomic E-state index is 0.468. The fourth-order valence-electron chi connectivity index (χ4n) is 2.50. The van der Waals surface area contributed by atoms with Crippen molar-refractivity contribution in [1.29, 1.82) is 0 Å². The third-order valence-corrected chi connectivity index (χ3v) is 4.79. The van der Waals surface area contributed by atoms with Crippen LogP contribution in [0, 0.1) is 0 Å². The van der Waals surface area contributed by atoms with Gasteiger partial charge in [0, 0.05) is 22.5 Å². The summed E-state index contributed by atoms with van der Waals surface area (Å²) in [4.78, 5) is 0.468. The van der Waals surface area contributed by atoms with Gasteiger partial charge in [0.25, 0.3) is 0 Å². The summed E-state index contributed by atoms with van der Waals surface area (Å²) >= 11 is 7.16. The van der Waals surface area contributed by atoms with E-state index in [0.29, 0.717) is 11.0 Å². The average molecular weight is 280 g/mol. The highest BCUT2D eigenvalue weighted by Crippen LogP contribution is 2.32. The van der Waals surface area contributed by atoms with Crippen molar-refractivity contribution in [3.05, 3.63) is 29.8 Å². The molecule has 98 valence electrons. The van der Waals surface area contributed by atoms with Crippen molar-refractivity contribution < 1.29 is 0 Å². The van der Waals surface area contributed by atoms with Crippen molar-refractivity contribution in [3.63, 3.8) is 0 Å². The van der Waals surface area contributed by atoms with E-state index in [0.717, 1.165) is 16.5 Å². The van der Waals surface area contributed by atoms with Gasteiger partial charge in [0.15, 0.2) is 0 Å². The Kier molecular flexibility index (Phi) is 4.89. The van der Waals surface area contributed by atoms with Gasteiger partial charge in [0.05, 0.1) is 0 Å². The number of hydrogen-bond donors (Lipinski definition) is 2. The maximum Gasteiger partial charge on any atom is 0.106 e. The van der Waals surface area contributed by atoms with Crippen molar-refractivity contribution in [2.24, 2.45) is 5.73 Å². The summed E-state index contributed by atoms with van der Waals surface area (Å²) < 4.78 is 0. The largest absolute Gasteiger partial charge is 0.389 e. The van der Waals surface area contributed by atoms with Crippen molar-refractivity contribution in [2.45, 2.75) is 37.5 Å². The molecule has 0 spiro atoms. The number of thiocarbonyl (C=S) groups is 1. The van der Waals surface area contributed by atoms with E-state index in [1.54, 1.807) is 0 Å². The third-order valence-electron chi connectivity index (χ3n) is 3.34. The number of nitrogens with one attached hydrogen (secondary N) is 1. The van der Waals surface area contributed by atoms with Gasteiger partial charge < -0.3 is 11.1 Å². The molecule has 1 aliphatic carbocycles. The van der Waals surface area contributed by atoms with Crippen molar-refractivity contribution in [1.82, 2.24) is 0 Å². The highest BCUT2D eigenvalue weighted by Gasteiger charge is 2.24. The lowest BCUT2D eigenvalue weighted by Crippen LogP contribution is -2.20. The molecule has 2 rings (SSSR count). The van der Waals surface area contributed by atoms with Gasteiger partial charge in [-0.1, -0.05) is 31.3 Å². The molecule has 2 unspecified atom stereocenters. The summed E-state index contributed by atoms with van der Waals surface area (Å²) in [7, 11) is 0. The Balaban J connectivity index is 2.00. The Bertz CT molecular complexity index is 420. The minimum Gasteiger partial charge on any atom is -0.389 e. The molecule has 1 aromatic carbocycles. The molecule has 2 nitrogen and oxygen atoms in total. The zero-order chi connectivity index (χ0) is 13.0. The second-order valence-electron chi connectivity index (χ2n) is 4.64. The van der Waals surface area contributed by atoms with Crippen LogP contribution < -0.4 is 11.1 Å². The van der Waals surface area contributed by atoms with Gasteiger partial charge in [-0.2, -0.15) is 11.8 Å². The summed E-state index contributed by atoms with van der Waals surface area (Å²) in [6.45, 7) is 2.23. The van der Waals surface area contributed by atoms with Gasteiger partial charge in [0.2, 0.25) is 0 Å². The second-order valence-corrected chi connectivity index (χ2v) is 6.66. The predicted molar refractivity (Wildman–Crippen MR) is 85.5 cm³/mol. The highest BCUT2D eigenvalue weighted by molar-refractivity contribution is 7.99. The standard InChI is InChI=1S/C14H20N2S2/c1-2-18-11-8-7-10(9-11)16-13-6-4-3-5-12(13)14(15)17/h3-6,10-11,16H,2,7-9H2,1H3,(H2,15,17). The van der Waals surface area contributed by atoms with E-state index >= 15 is 0 Å². The monoisotopic (exact) mass is 280 g/mol. The van der Waals surface area contributed by atoms with Crippen molar-refractivity contribution in [2.75, 3.05) is 11.1 Å². The summed E-state index contributed by atoms with van der Waals surface area (Å²) in [5.41, 5.74) is 7.79. The number of rotatable bonds is 5. The van der Waals surface area contributed by atoms with E-state index in [9.17, 15) is 0 Å². The van der Waals surface area contributed by atoms with Gasteiger partial charge in [-0.05, 0) is 37.1 Å². The average Bonchev–Trinajstić information content (AvgIpc) is 2.77. The number of thioether (sulfide) groups is 1. The number of para-hydroxylation sites is 1. The Hall–Kier alpha value is -0.740. The molecule has 0 bridgehead atoms. The first-order chi connectivity index (χ1) is 8.70. The summed E-state index contributed by atoms with van der Waals surface area (Å²) in [6, 6.07) is 8.61. The van der Waals surface area contributed by atoms with E-state index in [1.165, 1.54) is 25.0 Å². The molecule has 0 saturated heterocycles. The number of benzene rings is 1. The first-order valence-electron chi connectivity index (χ1n) is 6.47. The molecule has 0 amide bonds. The zero-order valence-electron chi connectivity index (χ0n) is 10.7. The Morgan fingerprint density at radius 1 is 1.44 bits per heavy atom. The summed E-state index contributed by atoms with van der Waals surface area (Å²) in [5.74, 6) is 1.21. The van der Waals surface area contributed by atoms with Gasteiger partial charge in [0.1, 0.15) is 4.99 Å². The van der Waals surface area contributed by atoms with Crippen molar-refractivity contribution in [3.8, 4) is 0 Å². The van der Waals surface area contributed by atoms with Gasteiger partial charge in [-0.15, -0.1) is 0 Å². The first-order valence-corrected chi connectivity index (χ1v) is 7.93. The molecule has 1 fully saturated rings. The molecular weight excluding hydrogens is 260 g/mol. The maximum atomic E-state index is 5.75. The van der Waals surface area contributed by atoms with Crippen molar-refractivity contribution >= 4 is 34.7 Å². The van der Waals surface area contributed by atoms with E-state index in [2.05, 4.69) is 30.1 Å². The minimum atomic E-state index is 0.468. The normalized spacial score (nSPS) is 22.9. The van der Waals surface area contributed by atoms with Crippen LogP contribution in [0.1, 0.15) is 31.7 Å². The van der Waals surface area contributed by atoms with E-state index < -0.39 is 0 Å². The molecule has 0 radical (unpaired) electrons. The summed E-state index contributed by atoms with van der Waals surface area (Å²) in [5, 5.41) is 4.41. The molecule has 0 aromatic heterocycles. The lowest BCUT2D eigenvalue weighted by molar-refractivity contribution is 0.757. The predicted octanol–water partition coefficient (Wildman–Crippen LogP) is 3.41. The van der Waals surface area contributed by atoms with Gasteiger partial charge >= 0.3 is 0 Å². The van der Waals surface area contributed by atoms with Crippen LogP contribution in [0.15, 0.2) is 24.3 Å². The van der Waals surface area contributed by atoms with Crippen LogP contribution in [-0.4, -0.2) is 22.0 Å². The zero-order valence-corrected chi connectivity index (χ0v) is 12.3. The fraction of sp³-hybridized carbons (Fsp3) is 0.500. The quantitative estimate of drug-likeness (QED) is 0.811. The SMILES string of the molecule is CCSC1CCC(Nc2ccccc2C(N)=S)C1. The van der Waals surface area contributed by atoms with Crippen LogP contribution in [0.5, 0.6) is 0 Å². The van der Waals surface area contributed by atoms with Crippen LogP contribution in [0.4, 0.5) is 5.69 Å². The Morgan fingerprint density at radius 3 is 2.94 bits per heavy atom. The van der Waals surface area contributed by atoms with Crippen LogP contribution in [0.3, 0.4) is 0 Å². The highest BCUT2D eigenvalue weighted by atomic mass is 32.2.